The van der Waals surface area contributed by atoms with E-state index >= 15 is 0 Å². The van der Waals surface area contributed by atoms with Gasteiger partial charge in [0.25, 0.3) is 0 Å². The minimum Gasteiger partial charge on any atom is -0.493 e. The Hall–Kier alpha value is -2.29. The first-order valence-electron chi connectivity index (χ1n) is 14.5. The minimum absolute atomic E-state index is 0.0666. The summed E-state index contributed by atoms with van der Waals surface area (Å²) < 4.78 is 6.31. The smallest absolute Gasteiger partial charge is 0.124 e. The van der Waals surface area contributed by atoms with Gasteiger partial charge < -0.3 is 19.8 Å². The number of fused-ring (bicyclic) bond motifs is 1. The lowest BCUT2D eigenvalue weighted by Gasteiger charge is -2.42. The Morgan fingerprint density at radius 3 is 2.56 bits per heavy atom. The van der Waals surface area contributed by atoms with E-state index in [1.807, 2.05) is 0 Å². The van der Waals surface area contributed by atoms with E-state index in [9.17, 15) is 10.2 Å². The zero-order valence-electron chi connectivity index (χ0n) is 23.3. The second-order valence-electron chi connectivity index (χ2n) is 11.8. The molecule has 2 fully saturated rings. The topological polar surface area (TPSA) is 69.1 Å². The second-order valence-corrected chi connectivity index (χ2v) is 12.9. The largest absolute Gasteiger partial charge is 0.493 e. The number of aliphatic hydroxyl groups is 2. The molecule has 3 aromatic rings. The zero-order chi connectivity index (χ0) is 27.0. The molecule has 6 nitrogen and oxygen atoms in total. The molecule has 0 atom stereocenters. The molecule has 2 aromatic carbocycles. The molecule has 2 N–H and O–H groups in total. The predicted molar refractivity (Wildman–Crippen MR) is 157 cm³/mol. The number of nitrogens with zero attached hydrogens (tertiary/aromatic N) is 3. The van der Waals surface area contributed by atoms with Crippen molar-refractivity contribution in [1.29, 1.82) is 0 Å². The standard InChI is InChI=1S/C32H41N3O3S/c1-22-25(6-3-8-27(22)31-33-28-10-13-34(15-16-36)20-30(28)39-31)26-7-4-9-29(23(26)2)38-17-5-12-35-14-11-32(21-35)18-24(37)19-32/h3-4,6-9,24,36-37H,5,10-21H2,1-2H3. The highest BCUT2D eigenvalue weighted by Gasteiger charge is 2.47. The number of hydrogen-bond acceptors (Lipinski definition) is 7. The van der Waals surface area contributed by atoms with Crippen LogP contribution in [0.5, 0.6) is 5.75 Å². The van der Waals surface area contributed by atoms with Gasteiger partial charge in [-0.25, -0.2) is 4.98 Å². The average molecular weight is 548 g/mol. The summed E-state index contributed by atoms with van der Waals surface area (Å²) in [6, 6.07) is 12.9. The van der Waals surface area contributed by atoms with E-state index in [2.05, 4.69) is 60.0 Å². The molecule has 208 valence electrons. The molecule has 1 aliphatic carbocycles. The number of aromatic nitrogens is 1. The normalized spacial score (nSPS) is 23.2. The molecule has 0 radical (unpaired) electrons. The van der Waals surface area contributed by atoms with E-state index in [-0.39, 0.29) is 12.7 Å². The van der Waals surface area contributed by atoms with Crippen molar-refractivity contribution in [1.82, 2.24) is 14.8 Å². The third-order valence-electron chi connectivity index (χ3n) is 9.10. The summed E-state index contributed by atoms with van der Waals surface area (Å²) >= 11 is 1.80. The highest BCUT2D eigenvalue weighted by Crippen LogP contribution is 2.48. The Morgan fingerprint density at radius 2 is 1.77 bits per heavy atom. The van der Waals surface area contributed by atoms with Crippen molar-refractivity contribution < 1.29 is 14.9 Å². The van der Waals surface area contributed by atoms with E-state index in [1.165, 1.54) is 44.8 Å². The highest BCUT2D eigenvalue weighted by atomic mass is 32.1. The van der Waals surface area contributed by atoms with Gasteiger partial charge in [0.05, 0.1) is 25.0 Å². The highest BCUT2D eigenvalue weighted by molar-refractivity contribution is 7.15. The van der Waals surface area contributed by atoms with Gasteiger partial charge in [0.1, 0.15) is 10.8 Å². The molecule has 7 heteroatoms. The molecular weight excluding hydrogens is 506 g/mol. The first kappa shape index (κ1) is 26.9. The molecule has 1 saturated carbocycles. The van der Waals surface area contributed by atoms with Crippen LogP contribution < -0.4 is 4.74 Å². The van der Waals surface area contributed by atoms with Crippen LogP contribution >= 0.6 is 11.3 Å². The van der Waals surface area contributed by atoms with Crippen molar-refractivity contribution in [2.24, 2.45) is 5.41 Å². The minimum atomic E-state index is -0.0666. The number of rotatable bonds is 9. The third-order valence-corrected chi connectivity index (χ3v) is 10.2. The second kappa shape index (κ2) is 11.3. The van der Waals surface area contributed by atoms with Crippen LogP contribution in [0.25, 0.3) is 21.7 Å². The fourth-order valence-electron chi connectivity index (χ4n) is 6.88. The Balaban J connectivity index is 1.12. The Morgan fingerprint density at radius 1 is 1.00 bits per heavy atom. The lowest BCUT2D eigenvalue weighted by atomic mass is 9.66. The van der Waals surface area contributed by atoms with Crippen LogP contribution in [0.4, 0.5) is 0 Å². The van der Waals surface area contributed by atoms with Crippen LogP contribution in [-0.2, 0) is 13.0 Å². The number of likely N-dealkylation sites (tertiary alicyclic amines) is 1. The average Bonchev–Trinajstić information content (AvgIpc) is 3.52. The quantitative estimate of drug-likeness (QED) is 0.365. The van der Waals surface area contributed by atoms with Gasteiger partial charge in [-0.2, -0.15) is 0 Å². The van der Waals surface area contributed by atoms with Crippen molar-refractivity contribution >= 4 is 11.3 Å². The fourth-order valence-corrected chi connectivity index (χ4v) is 8.11. The van der Waals surface area contributed by atoms with Crippen LogP contribution in [0, 0.1) is 19.3 Å². The summed E-state index contributed by atoms with van der Waals surface area (Å²) in [5.74, 6) is 0.964. The SMILES string of the molecule is Cc1c(OCCCN2CCC3(CC(O)C3)C2)cccc1-c1cccc(-c2nc3c(s2)CN(CCO)CC3)c1C. The maximum absolute atomic E-state index is 9.73. The van der Waals surface area contributed by atoms with Gasteiger partial charge in [-0.3, -0.25) is 4.90 Å². The summed E-state index contributed by atoms with van der Waals surface area (Å²) in [4.78, 5) is 11.2. The van der Waals surface area contributed by atoms with E-state index in [1.54, 1.807) is 11.3 Å². The van der Waals surface area contributed by atoms with Crippen molar-refractivity contribution in [2.45, 2.75) is 58.6 Å². The number of hydrogen-bond donors (Lipinski definition) is 2. The van der Waals surface area contributed by atoms with Crippen LogP contribution in [0.3, 0.4) is 0 Å². The van der Waals surface area contributed by atoms with Gasteiger partial charge in [-0.15, -0.1) is 11.3 Å². The van der Waals surface area contributed by atoms with Gasteiger partial charge in [0.15, 0.2) is 0 Å². The first-order chi connectivity index (χ1) is 18.9. The van der Waals surface area contributed by atoms with Crippen molar-refractivity contribution in [2.75, 3.05) is 45.9 Å². The summed E-state index contributed by atoms with van der Waals surface area (Å²) in [6.07, 6.45) is 5.10. The number of aliphatic hydroxyl groups excluding tert-OH is 2. The maximum Gasteiger partial charge on any atom is 0.124 e. The van der Waals surface area contributed by atoms with E-state index < -0.39 is 0 Å². The van der Waals surface area contributed by atoms with Crippen LogP contribution in [0.2, 0.25) is 0 Å². The maximum atomic E-state index is 9.73. The lowest BCUT2D eigenvalue weighted by molar-refractivity contribution is -0.0252. The first-order valence-corrected chi connectivity index (χ1v) is 15.3. The molecule has 6 rings (SSSR count). The monoisotopic (exact) mass is 547 g/mol. The third kappa shape index (κ3) is 5.52. The molecule has 1 saturated heterocycles. The summed E-state index contributed by atoms with van der Waals surface area (Å²) in [5.41, 5.74) is 7.70. The molecule has 1 aromatic heterocycles. The molecule has 2 aliphatic heterocycles. The molecule has 1 spiro atoms. The summed E-state index contributed by atoms with van der Waals surface area (Å²) in [6.45, 7) is 11.2. The summed E-state index contributed by atoms with van der Waals surface area (Å²) in [5, 5.41) is 20.2. The molecule has 0 bridgehead atoms. The fraction of sp³-hybridized carbons (Fsp3) is 0.531. The lowest BCUT2D eigenvalue weighted by Crippen LogP contribution is -2.43. The predicted octanol–water partition coefficient (Wildman–Crippen LogP) is 5.06. The van der Waals surface area contributed by atoms with Crippen LogP contribution in [-0.4, -0.2) is 77.0 Å². The van der Waals surface area contributed by atoms with Crippen LogP contribution in [0.15, 0.2) is 36.4 Å². The van der Waals surface area contributed by atoms with E-state index in [4.69, 9.17) is 9.72 Å². The molecule has 0 amide bonds. The van der Waals surface area contributed by atoms with Gasteiger partial charge in [0, 0.05) is 49.6 Å². The Bertz CT molecular complexity index is 1320. The molecular formula is C32H41N3O3S. The van der Waals surface area contributed by atoms with Crippen molar-refractivity contribution in [3.05, 3.63) is 58.1 Å². The van der Waals surface area contributed by atoms with Crippen molar-refractivity contribution in [3.8, 4) is 27.4 Å². The van der Waals surface area contributed by atoms with Gasteiger partial charge >= 0.3 is 0 Å². The molecule has 3 heterocycles. The number of ether oxygens (including phenoxy) is 1. The Labute approximate surface area is 236 Å². The van der Waals surface area contributed by atoms with E-state index in [0.717, 1.165) is 75.7 Å². The molecule has 3 aliphatic rings. The van der Waals surface area contributed by atoms with E-state index in [0.29, 0.717) is 12.0 Å². The molecule has 39 heavy (non-hydrogen) atoms. The molecule has 0 unspecified atom stereocenters. The van der Waals surface area contributed by atoms with Gasteiger partial charge in [-0.05, 0) is 79.8 Å². The summed E-state index contributed by atoms with van der Waals surface area (Å²) in [7, 11) is 0. The van der Waals surface area contributed by atoms with Crippen LogP contribution in [0.1, 0.15) is 47.4 Å². The number of benzene rings is 2. The zero-order valence-corrected chi connectivity index (χ0v) is 24.1. The number of β-amino-alcohol motifs (C(OH)–C–C–N with tert-alkyl or cyclic N) is 1. The number of thiazole rings is 1. The Kier molecular flexibility index (Phi) is 7.79. The van der Waals surface area contributed by atoms with Gasteiger partial charge in [-0.1, -0.05) is 30.3 Å². The van der Waals surface area contributed by atoms with Gasteiger partial charge in [0.2, 0.25) is 0 Å². The van der Waals surface area contributed by atoms with Crippen molar-refractivity contribution in [3.63, 3.8) is 0 Å².